The third kappa shape index (κ3) is 5.37. The normalized spacial score (nSPS) is 20.0. The number of hydrogen-bond acceptors (Lipinski definition) is 12. The van der Waals surface area contributed by atoms with Crippen LogP contribution in [0.25, 0.3) is 0 Å². The molecule has 0 saturated carbocycles. The van der Waals surface area contributed by atoms with E-state index in [9.17, 15) is 34.2 Å². The number of ether oxygens (including phenoxy) is 1. The second-order valence-corrected chi connectivity index (χ2v) is 9.81. The number of β-lactam (4-membered cyclic amide) rings is 1. The minimum Gasteiger partial charge on any atom is -0.478 e. The summed E-state index contributed by atoms with van der Waals surface area (Å²) in [5, 5.41) is 25.8. The van der Waals surface area contributed by atoms with Crippen LogP contribution in [0.1, 0.15) is 26.5 Å². The number of amides is 2. The van der Waals surface area contributed by atoms with Crippen LogP contribution in [0.5, 0.6) is 0 Å². The number of thiazole rings is 1. The van der Waals surface area contributed by atoms with Gasteiger partial charge in [0, 0.05) is 23.6 Å². The van der Waals surface area contributed by atoms with Crippen LogP contribution in [0.2, 0.25) is 0 Å². The summed E-state index contributed by atoms with van der Waals surface area (Å²) >= 11 is 2.18. The lowest BCUT2D eigenvalue weighted by Crippen LogP contribution is -2.71. The van der Waals surface area contributed by atoms with Gasteiger partial charge in [-0.25, -0.2) is 14.6 Å². The number of nitrogen functional groups attached to an aromatic ring is 1. The smallest absolute Gasteiger partial charge is 0.352 e. The van der Waals surface area contributed by atoms with Gasteiger partial charge in [0.15, 0.2) is 10.8 Å². The maximum absolute atomic E-state index is 13.0. The fourth-order valence-corrected chi connectivity index (χ4v) is 4.87. The van der Waals surface area contributed by atoms with Crippen LogP contribution in [0.3, 0.4) is 0 Å². The molecule has 14 nitrogen and oxygen atoms in total. The Morgan fingerprint density at radius 2 is 2.03 bits per heavy atom. The molecule has 2 atom stereocenters. The number of aliphatic carboxylic acids is 2. The van der Waals surface area contributed by atoms with Crippen molar-refractivity contribution in [2.45, 2.75) is 37.8 Å². The van der Waals surface area contributed by atoms with Crippen LogP contribution < -0.4 is 11.1 Å². The molecule has 188 valence electrons. The van der Waals surface area contributed by atoms with Crippen LogP contribution >= 0.6 is 23.1 Å². The SMILES string of the molecule is CC(=O)OCC1=C(C(=O)O)N2C(=O)[C@@H](NC(=O)C(=NOC(C)(C)C(=O)O)c3csc(N)n3)[C@@H]2SC1. The number of nitrogens with two attached hydrogens (primary N) is 1. The zero-order valence-corrected chi connectivity index (χ0v) is 20.3. The van der Waals surface area contributed by atoms with E-state index in [0.717, 1.165) is 16.2 Å². The summed E-state index contributed by atoms with van der Waals surface area (Å²) in [5.74, 6) is -4.76. The largest absolute Gasteiger partial charge is 0.478 e. The number of carbonyl (C=O) groups excluding carboxylic acids is 3. The summed E-state index contributed by atoms with van der Waals surface area (Å²) in [6.07, 6.45) is 0. The molecule has 3 heterocycles. The number of thioether (sulfide) groups is 1. The molecule has 5 N–H and O–H groups in total. The number of esters is 1. The first-order chi connectivity index (χ1) is 16.3. The Kier molecular flexibility index (Phi) is 7.35. The Bertz CT molecular complexity index is 1160. The summed E-state index contributed by atoms with van der Waals surface area (Å²) in [7, 11) is 0. The fraction of sp³-hybridized carbons (Fsp3) is 0.421. The number of oxime groups is 1. The zero-order valence-electron chi connectivity index (χ0n) is 18.6. The first-order valence-electron chi connectivity index (χ1n) is 9.88. The van der Waals surface area contributed by atoms with Crippen molar-refractivity contribution in [2.24, 2.45) is 5.16 Å². The molecule has 1 aromatic rings. The van der Waals surface area contributed by atoms with Gasteiger partial charge >= 0.3 is 17.9 Å². The summed E-state index contributed by atoms with van der Waals surface area (Å²) in [4.78, 5) is 70.1. The Balaban J connectivity index is 1.82. The molecule has 2 amide bonds. The molecular weight excluding hydrogens is 506 g/mol. The average molecular weight is 528 g/mol. The van der Waals surface area contributed by atoms with Crippen molar-refractivity contribution in [1.29, 1.82) is 0 Å². The number of aromatic nitrogens is 1. The van der Waals surface area contributed by atoms with Crippen molar-refractivity contribution in [1.82, 2.24) is 15.2 Å². The molecule has 0 aromatic carbocycles. The molecule has 35 heavy (non-hydrogen) atoms. The Morgan fingerprint density at radius 3 is 2.57 bits per heavy atom. The van der Waals surface area contributed by atoms with E-state index >= 15 is 0 Å². The quantitative estimate of drug-likeness (QED) is 0.140. The van der Waals surface area contributed by atoms with Crippen molar-refractivity contribution in [2.75, 3.05) is 18.1 Å². The molecule has 0 unspecified atom stereocenters. The summed E-state index contributed by atoms with van der Waals surface area (Å²) in [5.41, 5.74) is 3.38. The lowest BCUT2D eigenvalue weighted by atomic mass is 10.0. The van der Waals surface area contributed by atoms with E-state index in [1.165, 1.54) is 37.9 Å². The zero-order chi connectivity index (χ0) is 26.1. The summed E-state index contributed by atoms with van der Waals surface area (Å²) in [6, 6.07) is -1.11. The van der Waals surface area contributed by atoms with Crippen LogP contribution in [-0.2, 0) is 33.5 Å². The number of carboxylic acids is 2. The highest BCUT2D eigenvalue weighted by Gasteiger charge is 2.54. The Hall–Kier alpha value is -3.66. The number of fused-ring (bicyclic) bond motifs is 1. The number of carboxylic acid groups (broad SMARTS) is 2. The summed E-state index contributed by atoms with van der Waals surface area (Å²) in [6.45, 7) is 3.35. The average Bonchev–Trinajstić information content (AvgIpc) is 3.20. The van der Waals surface area contributed by atoms with Crippen molar-refractivity contribution in [3.63, 3.8) is 0 Å². The van der Waals surface area contributed by atoms with E-state index in [0.29, 0.717) is 0 Å². The van der Waals surface area contributed by atoms with Gasteiger partial charge in [0.2, 0.25) is 5.60 Å². The van der Waals surface area contributed by atoms with E-state index in [-0.39, 0.29) is 34.5 Å². The standard InChI is InChI=1S/C19H21N5O9S2/c1-7(25)32-4-8-5-34-15-11(14(27)24(15)12(8)16(28)29)22-13(26)10(9-6-35-18(20)21-9)23-33-19(2,3)17(30)31/h6,11,15H,4-5H2,1-3H3,(H2,20,21)(H,22,26)(H,28,29)(H,30,31)/t11-,15+/m1/s1. The van der Waals surface area contributed by atoms with Crippen LogP contribution in [-0.4, -0.2) is 84.9 Å². The van der Waals surface area contributed by atoms with E-state index < -0.39 is 52.5 Å². The molecule has 16 heteroatoms. The maximum Gasteiger partial charge on any atom is 0.352 e. The van der Waals surface area contributed by atoms with Crippen LogP contribution in [0.15, 0.2) is 21.8 Å². The molecule has 3 rings (SSSR count). The molecule has 1 fully saturated rings. The van der Waals surface area contributed by atoms with Crippen molar-refractivity contribution in [3.8, 4) is 0 Å². The molecule has 0 spiro atoms. The fourth-order valence-electron chi connectivity index (χ4n) is 2.99. The van der Waals surface area contributed by atoms with Crippen molar-refractivity contribution in [3.05, 3.63) is 22.3 Å². The monoisotopic (exact) mass is 527 g/mol. The molecule has 0 aliphatic carbocycles. The minimum atomic E-state index is -1.77. The third-order valence-corrected chi connectivity index (χ3v) is 6.86. The van der Waals surface area contributed by atoms with Gasteiger partial charge in [0.25, 0.3) is 11.8 Å². The molecule has 2 aliphatic rings. The van der Waals surface area contributed by atoms with Crippen molar-refractivity contribution >= 4 is 63.7 Å². The topological polar surface area (TPSA) is 211 Å². The molecule has 0 radical (unpaired) electrons. The highest BCUT2D eigenvalue weighted by Crippen LogP contribution is 2.40. The number of nitrogens with one attached hydrogen (secondary N) is 1. The van der Waals surface area contributed by atoms with Gasteiger partial charge in [0.1, 0.15) is 29.4 Å². The minimum absolute atomic E-state index is 0.000836. The van der Waals surface area contributed by atoms with Gasteiger partial charge in [-0.2, -0.15) is 0 Å². The van der Waals surface area contributed by atoms with E-state index in [4.69, 9.17) is 15.3 Å². The van der Waals surface area contributed by atoms with Crippen molar-refractivity contribution < 1.29 is 43.8 Å². The van der Waals surface area contributed by atoms with Gasteiger partial charge in [0.05, 0.1) is 0 Å². The number of anilines is 1. The Labute approximate surface area is 206 Å². The number of rotatable bonds is 9. The highest BCUT2D eigenvalue weighted by molar-refractivity contribution is 8.00. The first-order valence-corrected chi connectivity index (χ1v) is 11.8. The number of hydrogen-bond donors (Lipinski definition) is 4. The maximum atomic E-state index is 13.0. The van der Waals surface area contributed by atoms with Crippen LogP contribution in [0, 0.1) is 0 Å². The van der Waals surface area contributed by atoms with Gasteiger partial charge in [-0.05, 0) is 13.8 Å². The molecule has 0 bridgehead atoms. The predicted octanol–water partition coefficient (Wildman–Crippen LogP) is -0.389. The van der Waals surface area contributed by atoms with Gasteiger partial charge < -0.3 is 30.8 Å². The van der Waals surface area contributed by atoms with E-state index in [1.54, 1.807) is 0 Å². The lowest BCUT2D eigenvalue weighted by Gasteiger charge is -2.49. The lowest BCUT2D eigenvalue weighted by molar-refractivity contribution is -0.161. The van der Waals surface area contributed by atoms with Crippen LogP contribution in [0.4, 0.5) is 5.13 Å². The summed E-state index contributed by atoms with van der Waals surface area (Å²) < 4.78 is 4.88. The van der Waals surface area contributed by atoms with Gasteiger partial charge in [-0.3, -0.25) is 19.3 Å². The van der Waals surface area contributed by atoms with Gasteiger partial charge in [-0.15, -0.1) is 23.1 Å². The second kappa shape index (κ2) is 9.91. The van der Waals surface area contributed by atoms with Gasteiger partial charge in [-0.1, -0.05) is 5.16 Å². The molecule has 1 saturated heterocycles. The number of nitrogens with zero attached hydrogens (tertiary/aromatic N) is 3. The highest BCUT2D eigenvalue weighted by atomic mass is 32.2. The second-order valence-electron chi connectivity index (χ2n) is 7.82. The molecule has 2 aliphatic heterocycles. The van der Waals surface area contributed by atoms with E-state index in [1.807, 2.05) is 0 Å². The first kappa shape index (κ1) is 26.0. The number of carbonyl (C=O) groups is 5. The Morgan fingerprint density at radius 1 is 1.34 bits per heavy atom. The van der Waals surface area contributed by atoms with E-state index in [2.05, 4.69) is 15.5 Å². The molecule has 1 aromatic heterocycles. The predicted molar refractivity (Wildman–Crippen MR) is 122 cm³/mol. The molecular formula is C19H21N5O9S2. The third-order valence-electron chi connectivity index (χ3n) is 4.85.